The van der Waals surface area contributed by atoms with Crippen LogP contribution in [0.3, 0.4) is 0 Å². The molecule has 200 valence electrons. The average molecular weight is 543 g/mol. The molecule has 2 aliphatic rings. The van der Waals surface area contributed by atoms with Crippen LogP contribution in [0.4, 0.5) is 5.69 Å². The van der Waals surface area contributed by atoms with Gasteiger partial charge in [0.2, 0.25) is 5.91 Å². The Bertz CT molecular complexity index is 1170. The number of hydrogen-bond donors (Lipinski definition) is 1. The second-order valence-corrected chi connectivity index (χ2v) is 13.8. The lowest BCUT2D eigenvalue weighted by molar-refractivity contribution is -0.124. The Morgan fingerprint density at radius 1 is 1.14 bits per heavy atom. The number of thiophene rings is 1. The highest BCUT2D eigenvalue weighted by Crippen LogP contribution is 2.41. The Balaban J connectivity index is 1.62. The molecule has 0 saturated heterocycles. The number of aromatic carboxylic acids is 1. The minimum atomic E-state index is -0.995. The lowest BCUT2D eigenvalue weighted by Gasteiger charge is -2.39. The van der Waals surface area contributed by atoms with Gasteiger partial charge in [0.25, 0.3) is 0 Å². The minimum absolute atomic E-state index is 0.0145. The predicted octanol–water partition coefficient (Wildman–Crippen LogP) is 6.24. The summed E-state index contributed by atoms with van der Waals surface area (Å²) < 4.78 is 1.79. The SMILES string of the molecule is Cn1ncnc1S[C@H]1CC[C@H](N(c2cc(C#CC(C)(C)C)sc2C(=O)O)C(=O)[C@H]2CC[C@H](C)CC2)CC1. The number of hydrogen-bond acceptors (Lipinski definition) is 6. The van der Waals surface area contributed by atoms with E-state index < -0.39 is 5.97 Å². The average Bonchev–Trinajstić information content (AvgIpc) is 3.45. The van der Waals surface area contributed by atoms with Crippen molar-refractivity contribution in [2.45, 2.75) is 95.5 Å². The summed E-state index contributed by atoms with van der Waals surface area (Å²) in [5.74, 6) is 6.07. The van der Waals surface area contributed by atoms with Crippen molar-refractivity contribution in [3.05, 3.63) is 22.1 Å². The fourth-order valence-electron chi connectivity index (χ4n) is 5.19. The molecule has 0 aromatic carbocycles. The van der Waals surface area contributed by atoms with Gasteiger partial charge in [-0.25, -0.2) is 14.5 Å². The quantitative estimate of drug-likeness (QED) is 0.435. The number of carboxylic acid groups (broad SMARTS) is 1. The van der Waals surface area contributed by atoms with Crippen LogP contribution >= 0.6 is 23.1 Å². The summed E-state index contributed by atoms with van der Waals surface area (Å²) in [5, 5.41) is 15.6. The summed E-state index contributed by atoms with van der Waals surface area (Å²) in [5.41, 5.74) is 0.337. The van der Waals surface area contributed by atoms with Crippen LogP contribution in [-0.4, -0.2) is 43.0 Å². The monoisotopic (exact) mass is 542 g/mol. The van der Waals surface area contributed by atoms with Gasteiger partial charge in [-0.3, -0.25) is 4.79 Å². The van der Waals surface area contributed by atoms with E-state index in [-0.39, 0.29) is 28.2 Å². The predicted molar refractivity (Wildman–Crippen MR) is 149 cm³/mol. The van der Waals surface area contributed by atoms with Crippen molar-refractivity contribution in [3.8, 4) is 11.8 Å². The Kier molecular flexibility index (Phi) is 8.70. The number of aromatic nitrogens is 3. The Hall–Kier alpha value is -2.31. The van der Waals surface area contributed by atoms with Gasteiger partial charge >= 0.3 is 5.97 Å². The molecule has 7 nitrogen and oxygen atoms in total. The van der Waals surface area contributed by atoms with E-state index in [9.17, 15) is 14.7 Å². The maximum Gasteiger partial charge on any atom is 0.348 e. The highest BCUT2D eigenvalue weighted by Gasteiger charge is 2.37. The van der Waals surface area contributed by atoms with Gasteiger partial charge in [0, 0.05) is 29.7 Å². The third-order valence-corrected chi connectivity index (χ3v) is 9.69. The van der Waals surface area contributed by atoms with Crippen molar-refractivity contribution in [1.29, 1.82) is 0 Å². The molecule has 0 aliphatic heterocycles. The van der Waals surface area contributed by atoms with Crippen LogP contribution in [0.15, 0.2) is 17.6 Å². The van der Waals surface area contributed by atoms with Gasteiger partial charge in [0.05, 0.1) is 10.6 Å². The molecule has 2 aromatic rings. The van der Waals surface area contributed by atoms with Crippen LogP contribution < -0.4 is 4.90 Å². The van der Waals surface area contributed by atoms with Gasteiger partial charge in [0.15, 0.2) is 5.16 Å². The van der Waals surface area contributed by atoms with Crippen LogP contribution in [0.25, 0.3) is 0 Å². The number of rotatable bonds is 6. The molecule has 4 rings (SSSR count). The Labute approximate surface area is 228 Å². The van der Waals surface area contributed by atoms with Gasteiger partial charge in [-0.05, 0) is 84.1 Å². The summed E-state index contributed by atoms with van der Waals surface area (Å²) in [4.78, 5) is 33.5. The fourth-order valence-corrected chi connectivity index (χ4v) is 7.14. The van der Waals surface area contributed by atoms with Gasteiger partial charge < -0.3 is 10.0 Å². The number of carbonyl (C=O) groups excluding carboxylic acids is 1. The summed E-state index contributed by atoms with van der Waals surface area (Å²) in [6, 6.07) is 1.83. The lowest BCUT2D eigenvalue weighted by Crippen LogP contribution is -2.46. The second kappa shape index (κ2) is 11.6. The van der Waals surface area contributed by atoms with Gasteiger partial charge in [-0.2, -0.15) is 5.10 Å². The summed E-state index contributed by atoms with van der Waals surface area (Å²) >= 11 is 2.92. The van der Waals surface area contributed by atoms with Gasteiger partial charge in [-0.1, -0.05) is 30.5 Å². The van der Waals surface area contributed by atoms with Crippen molar-refractivity contribution in [2.24, 2.45) is 24.3 Å². The molecule has 1 N–H and O–H groups in total. The maximum atomic E-state index is 14.1. The number of anilines is 1. The molecule has 0 radical (unpaired) electrons. The number of thioether (sulfide) groups is 1. The summed E-state index contributed by atoms with van der Waals surface area (Å²) in [6.45, 7) is 8.34. The second-order valence-electron chi connectivity index (χ2n) is 11.5. The highest BCUT2D eigenvalue weighted by atomic mass is 32.2. The Morgan fingerprint density at radius 2 is 1.81 bits per heavy atom. The van der Waals surface area contributed by atoms with Crippen molar-refractivity contribution >= 4 is 40.7 Å². The number of aryl methyl sites for hydroxylation is 1. The van der Waals surface area contributed by atoms with E-state index in [4.69, 9.17) is 0 Å². The van der Waals surface area contributed by atoms with Crippen LogP contribution in [0.2, 0.25) is 0 Å². The van der Waals surface area contributed by atoms with Crippen molar-refractivity contribution in [1.82, 2.24) is 14.8 Å². The third-order valence-electron chi connectivity index (χ3n) is 7.28. The van der Waals surface area contributed by atoms with Crippen LogP contribution in [0, 0.1) is 29.1 Å². The topological polar surface area (TPSA) is 88.3 Å². The van der Waals surface area contributed by atoms with E-state index in [1.165, 1.54) is 11.3 Å². The first-order valence-corrected chi connectivity index (χ1v) is 15.0. The van der Waals surface area contributed by atoms with E-state index >= 15 is 0 Å². The number of carboxylic acids is 1. The molecule has 2 heterocycles. The molecular formula is C28H38N4O3S2. The van der Waals surface area contributed by atoms with Crippen LogP contribution in [0.5, 0.6) is 0 Å². The first-order valence-electron chi connectivity index (χ1n) is 13.3. The van der Waals surface area contributed by atoms with Crippen LogP contribution in [-0.2, 0) is 11.8 Å². The lowest BCUT2D eigenvalue weighted by atomic mass is 9.81. The first-order chi connectivity index (χ1) is 17.5. The van der Waals surface area contributed by atoms with E-state index in [2.05, 4.69) is 28.8 Å². The molecule has 37 heavy (non-hydrogen) atoms. The first kappa shape index (κ1) is 27.7. The fraction of sp³-hybridized carbons (Fsp3) is 0.643. The largest absolute Gasteiger partial charge is 0.477 e. The molecule has 0 unspecified atom stereocenters. The highest BCUT2D eigenvalue weighted by molar-refractivity contribution is 7.99. The van der Waals surface area contributed by atoms with E-state index in [1.54, 1.807) is 22.8 Å². The number of nitrogens with zero attached hydrogens (tertiary/aromatic N) is 4. The molecular weight excluding hydrogens is 504 g/mol. The van der Waals surface area contributed by atoms with E-state index in [1.807, 2.05) is 38.8 Å². The third kappa shape index (κ3) is 6.97. The summed E-state index contributed by atoms with van der Waals surface area (Å²) in [7, 11) is 1.90. The maximum absolute atomic E-state index is 14.1. The minimum Gasteiger partial charge on any atom is -0.477 e. The van der Waals surface area contributed by atoms with E-state index in [0.29, 0.717) is 21.7 Å². The zero-order valence-electron chi connectivity index (χ0n) is 22.5. The molecule has 2 aromatic heterocycles. The molecule has 9 heteroatoms. The van der Waals surface area contributed by atoms with Crippen LogP contribution in [0.1, 0.15) is 93.6 Å². The van der Waals surface area contributed by atoms with E-state index in [0.717, 1.165) is 56.5 Å². The molecule has 1 amide bonds. The zero-order valence-corrected chi connectivity index (χ0v) is 24.1. The molecule has 0 spiro atoms. The normalized spacial score (nSPS) is 24.2. The van der Waals surface area contributed by atoms with Crippen molar-refractivity contribution < 1.29 is 14.7 Å². The standard InChI is InChI=1S/C28H38N4O3S2/c1-18-6-8-19(9-7-18)25(33)32(20-10-12-21(13-11-20)37-27-29-17-30-31(27)5)23-16-22(14-15-28(2,3)4)36-24(23)26(34)35/h16-21H,6-13H2,1-5H3,(H,34,35)/t18-,19-,20-,21-. The molecule has 0 bridgehead atoms. The molecule has 2 fully saturated rings. The van der Waals surface area contributed by atoms with Crippen molar-refractivity contribution in [3.63, 3.8) is 0 Å². The molecule has 2 saturated carbocycles. The van der Waals surface area contributed by atoms with Gasteiger partial charge in [0.1, 0.15) is 11.2 Å². The Morgan fingerprint density at radius 3 is 2.38 bits per heavy atom. The number of amides is 1. The number of carbonyl (C=O) groups is 2. The summed E-state index contributed by atoms with van der Waals surface area (Å²) in [6.07, 6.45) is 8.96. The molecule has 2 aliphatic carbocycles. The zero-order chi connectivity index (χ0) is 26.7. The smallest absolute Gasteiger partial charge is 0.348 e. The molecule has 0 atom stereocenters. The van der Waals surface area contributed by atoms with Gasteiger partial charge in [-0.15, -0.1) is 11.3 Å². The van der Waals surface area contributed by atoms with Crippen molar-refractivity contribution in [2.75, 3.05) is 4.90 Å².